The average molecular weight is 132 g/mol. The molecule has 2 nitrogen and oxygen atoms in total. The summed E-state index contributed by atoms with van der Waals surface area (Å²) >= 11 is -0.739. The van der Waals surface area contributed by atoms with Crippen LogP contribution in [0.2, 0.25) is 0 Å². The van der Waals surface area contributed by atoms with E-state index in [1.54, 1.807) is 0 Å². The lowest BCUT2D eigenvalue weighted by Gasteiger charge is -2.04. The van der Waals surface area contributed by atoms with E-state index in [4.69, 9.17) is 0 Å². The van der Waals surface area contributed by atoms with Crippen LogP contribution in [0.3, 0.4) is 0 Å². The summed E-state index contributed by atoms with van der Waals surface area (Å²) in [4.78, 5) is 0. The quantitative estimate of drug-likeness (QED) is 0.479. The monoisotopic (exact) mass is 132 g/mol. The summed E-state index contributed by atoms with van der Waals surface area (Å²) in [7, 11) is 0. The van der Waals surface area contributed by atoms with Crippen molar-refractivity contribution < 1.29 is 4.55 Å². The van der Waals surface area contributed by atoms with E-state index in [9.17, 15) is 4.55 Å². The molecule has 1 atom stereocenters. The minimum absolute atomic E-state index is 0.739. The Kier molecular flexibility index (Phi) is 2.66. The molecule has 0 bridgehead atoms. The summed E-state index contributed by atoms with van der Waals surface area (Å²) in [6.07, 6.45) is 4.31. The molecule has 1 unspecified atom stereocenters. The van der Waals surface area contributed by atoms with E-state index in [2.05, 4.69) is 11.1 Å². The number of nitrogens with one attached hydrogen (secondary N) is 1. The van der Waals surface area contributed by atoms with Gasteiger partial charge in [0.15, 0.2) is 0 Å². The Bertz CT molecular complexity index is 61.4. The molecule has 0 saturated carbocycles. The summed E-state index contributed by atoms with van der Waals surface area (Å²) in [6.45, 7) is 0.812. The predicted octanol–water partition coefficient (Wildman–Crippen LogP) is 0.238. The molecule has 0 aromatic rings. The van der Waals surface area contributed by atoms with Gasteiger partial charge in [-0.05, 0) is 19.3 Å². The van der Waals surface area contributed by atoms with Gasteiger partial charge in [-0.25, -0.2) is 0 Å². The van der Waals surface area contributed by atoms with Crippen LogP contribution in [-0.2, 0) is 11.4 Å². The zero-order chi connectivity index (χ0) is 5.82. The SMILES string of the molecule is [O-][S+]1CCC[CH]CN1. The highest BCUT2D eigenvalue weighted by molar-refractivity contribution is 7.89. The molecule has 8 heavy (non-hydrogen) atoms. The third-order valence-electron chi connectivity index (χ3n) is 1.13. The van der Waals surface area contributed by atoms with Crippen molar-refractivity contribution in [1.82, 2.24) is 4.72 Å². The molecular formula is C5H10NOS. The van der Waals surface area contributed by atoms with Crippen molar-refractivity contribution in [3.05, 3.63) is 6.42 Å². The van der Waals surface area contributed by atoms with Crippen LogP contribution in [0.4, 0.5) is 0 Å². The molecule has 0 aromatic carbocycles. The Morgan fingerprint density at radius 1 is 1.62 bits per heavy atom. The molecule has 1 radical (unpaired) electrons. The second-order valence-electron chi connectivity index (χ2n) is 1.83. The first-order chi connectivity index (χ1) is 3.89. The molecule has 3 heteroatoms. The van der Waals surface area contributed by atoms with Crippen molar-refractivity contribution in [1.29, 1.82) is 0 Å². The van der Waals surface area contributed by atoms with Gasteiger partial charge in [-0.1, -0.05) is 0 Å². The van der Waals surface area contributed by atoms with Crippen molar-refractivity contribution in [3.8, 4) is 0 Å². The highest BCUT2D eigenvalue weighted by Gasteiger charge is 2.08. The molecule has 47 valence electrons. The van der Waals surface area contributed by atoms with Gasteiger partial charge in [0, 0.05) is 17.9 Å². The molecule has 0 spiro atoms. The topological polar surface area (TPSA) is 35.1 Å². The van der Waals surface area contributed by atoms with Gasteiger partial charge in [-0.15, -0.1) is 4.72 Å². The van der Waals surface area contributed by atoms with Gasteiger partial charge in [0.05, 0.1) is 0 Å². The highest BCUT2D eigenvalue weighted by Crippen LogP contribution is 2.01. The van der Waals surface area contributed by atoms with Gasteiger partial charge in [-0.2, -0.15) is 0 Å². The van der Waals surface area contributed by atoms with Crippen molar-refractivity contribution >= 4 is 11.4 Å². The minimum atomic E-state index is -0.739. The van der Waals surface area contributed by atoms with Crippen molar-refractivity contribution in [2.45, 2.75) is 12.8 Å². The van der Waals surface area contributed by atoms with E-state index >= 15 is 0 Å². The molecule has 1 aliphatic rings. The summed E-state index contributed by atoms with van der Waals surface area (Å²) < 4.78 is 13.5. The van der Waals surface area contributed by atoms with Gasteiger partial charge >= 0.3 is 0 Å². The average Bonchev–Trinajstić information content (AvgIpc) is 1.94. The summed E-state index contributed by atoms with van der Waals surface area (Å²) in [5.41, 5.74) is 0. The Hall–Kier alpha value is 0.270. The van der Waals surface area contributed by atoms with Crippen LogP contribution in [0.25, 0.3) is 0 Å². The van der Waals surface area contributed by atoms with E-state index in [0.29, 0.717) is 0 Å². The smallest absolute Gasteiger partial charge is 0.125 e. The van der Waals surface area contributed by atoms with Gasteiger partial charge in [-0.3, -0.25) is 0 Å². The fourth-order valence-electron chi connectivity index (χ4n) is 0.685. The van der Waals surface area contributed by atoms with Gasteiger partial charge in [0.2, 0.25) is 0 Å². The zero-order valence-electron chi connectivity index (χ0n) is 4.72. The normalized spacial score (nSPS) is 31.9. The molecule has 0 aliphatic carbocycles. The largest absolute Gasteiger partial charge is 0.598 e. The Morgan fingerprint density at radius 2 is 2.50 bits per heavy atom. The maximum Gasteiger partial charge on any atom is 0.125 e. The molecule has 1 rings (SSSR count). The first-order valence-corrected chi connectivity index (χ1v) is 4.15. The minimum Gasteiger partial charge on any atom is -0.598 e. The third-order valence-corrected chi connectivity index (χ3v) is 2.27. The van der Waals surface area contributed by atoms with E-state index in [-0.39, 0.29) is 0 Å². The fraction of sp³-hybridized carbons (Fsp3) is 0.800. The van der Waals surface area contributed by atoms with Gasteiger partial charge in [0.25, 0.3) is 0 Å². The highest BCUT2D eigenvalue weighted by atomic mass is 32.2. The Morgan fingerprint density at radius 3 is 3.38 bits per heavy atom. The second kappa shape index (κ2) is 3.33. The molecule has 1 N–H and O–H groups in total. The number of hydrogen-bond donors (Lipinski definition) is 1. The molecule has 0 aromatic heterocycles. The van der Waals surface area contributed by atoms with E-state index < -0.39 is 11.4 Å². The third kappa shape index (κ3) is 2.03. The number of hydrogen-bond acceptors (Lipinski definition) is 2. The van der Waals surface area contributed by atoms with E-state index in [1.807, 2.05) is 0 Å². The fourth-order valence-corrected chi connectivity index (χ4v) is 1.56. The molecule has 1 aliphatic heterocycles. The van der Waals surface area contributed by atoms with Crippen LogP contribution in [-0.4, -0.2) is 16.9 Å². The lowest BCUT2D eigenvalue weighted by Crippen LogP contribution is -2.24. The first kappa shape index (κ1) is 6.39. The van der Waals surface area contributed by atoms with E-state index in [1.165, 1.54) is 0 Å². The van der Waals surface area contributed by atoms with E-state index in [0.717, 1.165) is 25.1 Å². The molecule has 1 heterocycles. The Labute approximate surface area is 53.0 Å². The second-order valence-corrected chi connectivity index (χ2v) is 3.22. The van der Waals surface area contributed by atoms with Crippen LogP contribution >= 0.6 is 0 Å². The first-order valence-electron chi connectivity index (χ1n) is 2.83. The summed E-state index contributed by atoms with van der Waals surface area (Å²) in [6, 6.07) is 0. The lowest BCUT2D eigenvalue weighted by atomic mass is 10.3. The van der Waals surface area contributed by atoms with Crippen LogP contribution < -0.4 is 4.72 Å². The zero-order valence-corrected chi connectivity index (χ0v) is 5.54. The van der Waals surface area contributed by atoms with Crippen molar-refractivity contribution in [3.63, 3.8) is 0 Å². The van der Waals surface area contributed by atoms with Gasteiger partial charge < -0.3 is 4.55 Å². The van der Waals surface area contributed by atoms with Crippen LogP contribution in [0.1, 0.15) is 12.8 Å². The number of rotatable bonds is 0. The van der Waals surface area contributed by atoms with Crippen LogP contribution in [0, 0.1) is 6.42 Å². The summed E-state index contributed by atoms with van der Waals surface area (Å²) in [5.74, 6) is 0.816. The molecular weight excluding hydrogens is 122 g/mol. The molecule has 0 amide bonds. The van der Waals surface area contributed by atoms with Crippen molar-refractivity contribution in [2.24, 2.45) is 0 Å². The van der Waals surface area contributed by atoms with Gasteiger partial charge in [0.1, 0.15) is 5.75 Å². The predicted molar refractivity (Wildman–Crippen MR) is 34.5 cm³/mol. The van der Waals surface area contributed by atoms with Crippen LogP contribution in [0.15, 0.2) is 0 Å². The molecule has 1 saturated heterocycles. The lowest BCUT2D eigenvalue weighted by molar-refractivity contribution is 0.585. The van der Waals surface area contributed by atoms with Crippen molar-refractivity contribution in [2.75, 3.05) is 12.3 Å². The van der Waals surface area contributed by atoms with Crippen LogP contribution in [0.5, 0.6) is 0 Å². The maximum absolute atomic E-state index is 10.7. The maximum atomic E-state index is 10.7. The standard InChI is InChI=1S/C5H10NOS/c7-8-5-3-1-2-4-6-8/h2,6H,1,3-5H2. The summed E-state index contributed by atoms with van der Waals surface area (Å²) in [5, 5.41) is 0. The molecule has 1 fully saturated rings. The Balaban J connectivity index is 2.17.